The van der Waals surface area contributed by atoms with E-state index in [4.69, 9.17) is 0 Å². The van der Waals surface area contributed by atoms with E-state index in [0.29, 0.717) is 0 Å². The van der Waals surface area contributed by atoms with Crippen molar-refractivity contribution in [3.05, 3.63) is 48.2 Å². The summed E-state index contributed by atoms with van der Waals surface area (Å²) in [7, 11) is 0. The number of carbonyl (C=O) groups is 1. The van der Waals surface area contributed by atoms with Crippen LogP contribution in [-0.4, -0.2) is 17.4 Å². The molecule has 1 aromatic carbocycles. The van der Waals surface area contributed by atoms with Gasteiger partial charge in [0.15, 0.2) is 0 Å². The summed E-state index contributed by atoms with van der Waals surface area (Å²) < 4.78 is 0. The number of nitrogens with zero attached hydrogens (tertiary/aromatic N) is 1. The number of amides is 1. The van der Waals surface area contributed by atoms with Gasteiger partial charge in [-0.05, 0) is 25.5 Å². The topological polar surface area (TPSA) is 20.3 Å². The number of hydrogen-bond donors (Lipinski definition) is 0. The molecular weight excluding hydrogens is 198 g/mol. The van der Waals surface area contributed by atoms with Gasteiger partial charge in [-0.15, -0.1) is 0 Å². The Morgan fingerprint density at radius 3 is 2.44 bits per heavy atom. The predicted molar refractivity (Wildman–Crippen MR) is 67.2 cm³/mol. The van der Waals surface area contributed by atoms with Crippen molar-refractivity contribution in [2.45, 2.75) is 26.7 Å². The van der Waals surface area contributed by atoms with Crippen molar-refractivity contribution >= 4 is 5.91 Å². The molecule has 16 heavy (non-hydrogen) atoms. The second-order valence-electron chi connectivity index (χ2n) is 3.91. The molecule has 0 unspecified atom stereocenters. The van der Waals surface area contributed by atoms with E-state index in [1.165, 1.54) is 0 Å². The van der Waals surface area contributed by atoms with Crippen LogP contribution in [0.25, 0.3) is 0 Å². The van der Waals surface area contributed by atoms with Gasteiger partial charge in [-0.1, -0.05) is 38.1 Å². The molecule has 1 amide bonds. The Morgan fingerprint density at radius 1 is 1.31 bits per heavy atom. The Kier molecular flexibility index (Phi) is 4.77. The monoisotopic (exact) mass is 217 g/mol. The van der Waals surface area contributed by atoms with Gasteiger partial charge in [0.2, 0.25) is 0 Å². The number of hydrogen-bond acceptors (Lipinski definition) is 1. The lowest BCUT2D eigenvalue weighted by Gasteiger charge is -2.22. The molecule has 0 radical (unpaired) electrons. The Morgan fingerprint density at radius 2 is 1.94 bits per heavy atom. The Balaban J connectivity index is 2.79. The van der Waals surface area contributed by atoms with E-state index in [9.17, 15) is 4.79 Å². The second kappa shape index (κ2) is 6.11. The van der Waals surface area contributed by atoms with Crippen molar-refractivity contribution in [2.75, 3.05) is 6.54 Å². The van der Waals surface area contributed by atoms with Crippen LogP contribution in [0, 0.1) is 0 Å². The molecule has 1 aromatic rings. The van der Waals surface area contributed by atoms with Gasteiger partial charge in [0.05, 0.1) is 0 Å². The van der Waals surface area contributed by atoms with Crippen LogP contribution in [0.4, 0.5) is 0 Å². The fourth-order valence-electron chi connectivity index (χ4n) is 1.52. The fraction of sp³-hybridized carbons (Fsp3) is 0.357. The van der Waals surface area contributed by atoms with Crippen LogP contribution in [-0.2, 0) is 0 Å². The molecule has 2 heteroatoms. The van der Waals surface area contributed by atoms with E-state index in [-0.39, 0.29) is 5.91 Å². The van der Waals surface area contributed by atoms with Gasteiger partial charge >= 0.3 is 0 Å². The molecular formula is C14H19NO. The number of benzene rings is 1. The first-order valence-corrected chi connectivity index (χ1v) is 5.69. The zero-order valence-corrected chi connectivity index (χ0v) is 10.1. The first-order chi connectivity index (χ1) is 7.66. The maximum atomic E-state index is 12.2. The lowest BCUT2D eigenvalue weighted by atomic mass is 10.2. The molecule has 0 N–H and O–H groups in total. The molecule has 0 aliphatic rings. The van der Waals surface area contributed by atoms with Gasteiger partial charge in [-0.2, -0.15) is 0 Å². The van der Waals surface area contributed by atoms with Gasteiger partial charge < -0.3 is 4.90 Å². The average Bonchev–Trinajstić information content (AvgIpc) is 2.30. The van der Waals surface area contributed by atoms with Gasteiger partial charge in [-0.3, -0.25) is 4.79 Å². The van der Waals surface area contributed by atoms with Crippen LogP contribution >= 0.6 is 0 Å². The zero-order chi connectivity index (χ0) is 12.0. The third kappa shape index (κ3) is 3.23. The minimum Gasteiger partial charge on any atom is -0.313 e. The van der Waals surface area contributed by atoms with Gasteiger partial charge in [0.25, 0.3) is 5.91 Å². The summed E-state index contributed by atoms with van der Waals surface area (Å²) in [6.07, 6.45) is 2.08. The highest BCUT2D eigenvalue weighted by atomic mass is 16.2. The standard InChI is InChI=1S/C14H19NO/c1-4-5-11-15(12(2)3)14(16)13-9-7-6-8-10-13/h6-10H,2,4-5,11H2,1,3H3. The molecule has 1 rings (SSSR count). The maximum Gasteiger partial charge on any atom is 0.257 e. The molecule has 0 bridgehead atoms. The summed E-state index contributed by atoms with van der Waals surface area (Å²) in [4.78, 5) is 13.9. The first kappa shape index (κ1) is 12.5. The van der Waals surface area contributed by atoms with Crippen molar-refractivity contribution in [2.24, 2.45) is 0 Å². The zero-order valence-electron chi connectivity index (χ0n) is 10.1. The molecule has 2 nitrogen and oxygen atoms in total. The Hall–Kier alpha value is -1.57. The van der Waals surface area contributed by atoms with Crippen LogP contribution < -0.4 is 0 Å². The summed E-state index contributed by atoms with van der Waals surface area (Å²) in [5.74, 6) is 0.0431. The highest BCUT2D eigenvalue weighted by Gasteiger charge is 2.14. The number of allylic oxidation sites excluding steroid dienone is 1. The van der Waals surface area contributed by atoms with Crippen LogP contribution in [0.5, 0.6) is 0 Å². The number of carbonyl (C=O) groups excluding carboxylic acids is 1. The van der Waals surface area contributed by atoms with Gasteiger partial charge in [-0.25, -0.2) is 0 Å². The summed E-state index contributed by atoms with van der Waals surface area (Å²) >= 11 is 0. The molecule has 86 valence electrons. The summed E-state index contributed by atoms with van der Waals surface area (Å²) in [6.45, 7) is 8.60. The Bertz CT molecular complexity index is 356. The highest BCUT2D eigenvalue weighted by Crippen LogP contribution is 2.10. The normalized spacial score (nSPS) is 9.88. The summed E-state index contributed by atoms with van der Waals surface area (Å²) in [6, 6.07) is 9.34. The smallest absolute Gasteiger partial charge is 0.257 e. The van der Waals surface area contributed by atoms with Crippen LogP contribution in [0.3, 0.4) is 0 Å². The quantitative estimate of drug-likeness (QED) is 0.739. The van der Waals surface area contributed by atoms with Crippen molar-refractivity contribution in [1.82, 2.24) is 4.90 Å². The molecule has 0 aromatic heterocycles. The van der Waals surface area contributed by atoms with Crippen LogP contribution in [0.15, 0.2) is 42.6 Å². The summed E-state index contributed by atoms with van der Waals surface area (Å²) in [5, 5.41) is 0. The van der Waals surface area contributed by atoms with Crippen LogP contribution in [0.1, 0.15) is 37.0 Å². The van der Waals surface area contributed by atoms with Crippen molar-refractivity contribution < 1.29 is 4.79 Å². The minimum absolute atomic E-state index is 0.0431. The minimum atomic E-state index is 0.0431. The third-order valence-corrected chi connectivity index (χ3v) is 2.46. The van der Waals surface area contributed by atoms with E-state index in [0.717, 1.165) is 30.6 Å². The van der Waals surface area contributed by atoms with Crippen molar-refractivity contribution in [3.63, 3.8) is 0 Å². The lowest BCUT2D eigenvalue weighted by Crippen LogP contribution is -2.29. The molecule has 0 fully saturated rings. The molecule has 0 saturated carbocycles. The molecule has 0 spiro atoms. The molecule has 0 saturated heterocycles. The number of rotatable bonds is 5. The molecule has 0 aliphatic carbocycles. The van der Waals surface area contributed by atoms with E-state index >= 15 is 0 Å². The average molecular weight is 217 g/mol. The largest absolute Gasteiger partial charge is 0.313 e. The summed E-state index contributed by atoms with van der Waals surface area (Å²) in [5.41, 5.74) is 1.53. The highest BCUT2D eigenvalue weighted by molar-refractivity contribution is 5.95. The van der Waals surface area contributed by atoms with Crippen LogP contribution in [0.2, 0.25) is 0 Å². The number of unbranched alkanes of at least 4 members (excludes halogenated alkanes) is 1. The van der Waals surface area contributed by atoms with E-state index in [1.54, 1.807) is 4.90 Å². The fourth-order valence-corrected chi connectivity index (χ4v) is 1.52. The SMILES string of the molecule is C=C(C)N(CCCC)C(=O)c1ccccc1. The lowest BCUT2D eigenvalue weighted by molar-refractivity contribution is 0.0805. The predicted octanol–water partition coefficient (Wildman–Crippen LogP) is 3.46. The molecule has 0 heterocycles. The second-order valence-corrected chi connectivity index (χ2v) is 3.91. The van der Waals surface area contributed by atoms with Crippen molar-refractivity contribution in [1.29, 1.82) is 0 Å². The maximum absolute atomic E-state index is 12.2. The van der Waals surface area contributed by atoms with E-state index < -0.39 is 0 Å². The van der Waals surface area contributed by atoms with Gasteiger partial charge in [0.1, 0.15) is 0 Å². The third-order valence-electron chi connectivity index (χ3n) is 2.46. The first-order valence-electron chi connectivity index (χ1n) is 5.69. The van der Waals surface area contributed by atoms with Crippen molar-refractivity contribution in [3.8, 4) is 0 Å². The van der Waals surface area contributed by atoms with Gasteiger partial charge in [0, 0.05) is 17.8 Å². The molecule has 0 atom stereocenters. The van der Waals surface area contributed by atoms with E-state index in [1.807, 2.05) is 37.3 Å². The van der Waals surface area contributed by atoms with E-state index in [2.05, 4.69) is 13.5 Å². The Labute approximate surface area is 97.6 Å². The molecule has 0 aliphatic heterocycles.